The summed E-state index contributed by atoms with van der Waals surface area (Å²) in [7, 11) is 1.31. The van der Waals surface area contributed by atoms with Crippen LogP contribution in [0.1, 0.15) is 12.8 Å². The van der Waals surface area contributed by atoms with E-state index < -0.39 is 23.6 Å². The third kappa shape index (κ3) is 4.17. The van der Waals surface area contributed by atoms with Crippen LogP contribution in [-0.4, -0.2) is 67.5 Å². The molecule has 146 valence electrons. The van der Waals surface area contributed by atoms with Crippen LogP contribution in [0.5, 0.6) is 0 Å². The molecule has 0 radical (unpaired) electrons. The number of amides is 3. The SMILES string of the molecule is COC(=O)N1CCCN(C(=O)C2CC(=O)N(c3cc(F)cc(F)c3)C2)CC1. The monoisotopic (exact) mass is 381 g/mol. The van der Waals surface area contributed by atoms with E-state index in [-0.39, 0.29) is 30.5 Å². The number of ether oxygens (including phenoxy) is 1. The first kappa shape index (κ1) is 19.1. The topological polar surface area (TPSA) is 70.2 Å². The van der Waals surface area contributed by atoms with Gasteiger partial charge in [-0.05, 0) is 18.6 Å². The summed E-state index contributed by atoms with van der Waals surface area (Å²) in [6.07, 6.45) is 0.175. The third-order valence-corrected chi connectivity index (χ3v) is 4.87. The van der Waals surface area contributed by atoms with Gasteiger partial charge < -0.3 is 19.4 Å². The molecule has 0 bridgehead atoms. The summed E-state index contributed by atoms with van der Waals surface area (Å²) in [6, 6.07) is 2.89. The number of anilines is 1. The minimum absolute atomic E-state index is 0.00577. The Bertz CT molecular complexity index is 738. The molecule has 27 heavy (non-hydrogen) atoms. The van der Waals surface area contributed by atoms with Crippen molar-refractivity contribution in [2.24, 2.45) is 5.92 Å². The van der Waals surface area contributed by atoms with Gasteiger partial charge in [0.25, 0.3) is 0 Å². The summed E-state index contributed by atoms with van der Waals surface area (Å²) in [6.45, 7) is 1.77. The lowest BCUT2D eigenvalue weighted by atomic mass is 10.1. The van der Waals surface area contributed by atoms with Crippen LogP contribution in [0.15, 0.2) is 18.2 Å². The summed E-state index contributed by atoms with van der Waals surface area (Å²) in [4.78, 5) is 41.2. The molecule has 9 heteroatoms. The quantitative estimate of drug-likeness (QED) is 0.781. The van der Waals surface area contributed by atoms with E-state index in [1.807, 2.05) is 0 Å². The molecule has 2 saturated heterocycles. The molecule has 1 aromatic rings. The van der Waals surface area contributed by atoms with Crippen molar-refractivity contribution in [1.29, 1.82) is 0 Å². The molecule has 0 aromatic heterocycles. The van der Waals surface area contributed by atoms with Crippen LogP contribution in [0.4, 0.5) is 19.3 Å². The van der Waals surface area contributed by atoms with Gasteiger partial charge in [-0.15, -0.1) is 0 Å². The van der Waals surface area contributed by atoms with E-state index in [9.17, 15) is 23.2 Å². The van der Waals surface area contributed by atoms with Crippen LogP contribution >= 0.6 is 0 Å². The number of carbonyl (C=O) groups is 3. The summed E-state index contributed by atoms with van der Waals surface area (Å²) >= 11 is 0. The fourth-order valence-electron chi connectivity index (χ4n) is 3.53. The average Bonchev–Trinajstić information content (AvgIpc) is 2.86. The molecule has 3 amide bonds. The predicted octanol–water partition coefficient (Wildman–Crippen LogP) is 1.62. The number of nitrogens with zero attached hydrogens (tertiary/aromatic N) is 3. The number of methoxy groups -OCH3 is 1. The van der Waals surface area contributed by atoms with Gasteiger partial charge in [0.2, 0.25) is 11.8 Å². The second kappa shape index (κ2) is 7.89. The Morgan fingerprint density at radius 3 is 2.33 bits per heavy atom. The lowest BCUT2D eigenvalue weighted by molar-refractivity contribution is -0.135. The molecule has 1 aromatic carbocycles. The Kier molecular flexibility index (Phi) is 5.57. The molecule has 2 aliphatic heterocycles. The lowest BCUT2D eigenvalue weighted by Gasteiger charge is -2.24. The number of halogens is 2. The first-order valence-corrected chi connectivity index (χ1v) is 8.77. The van der Waals surface area contributed by atoms with Crippen molar-refractivity contribution in [3.63, 3.8) is 0 Å². The summed E-state index contributed by atoms with van der Waals surface area (Å²) in [5.41, 5.74) is 0.112. The number of rotatable bonds is 2. The van der Waals surface area contributed by atoms with Gasteiger partial charge in [-0.3, -0.25) is 9.59 Å². The van der Waals surface area contributed by atoms with Crippen LogP contribution in [0.25, 0.3) is 0 Å². The van der Waals surface area contributed by atoms with E-state index >= 15 is 0 Å². The molecule has 0 saturated carbocycles. The zero-order valence-corrected chi connectivity index (χ0v) is 15.0. The Morgan fingerprint density at radius 2 is 1.67 bits per heavy atom. The Morgan fingerprint density at radius 1 is 1.04 bits per heavy atom. The predicted molar refractivity (Wildman–Crippen MR) is 92.0 cm³/mol. The molecule has 2 heterocycles. The van der Waals surface area contributed by atoms with Crippen molar-refractivity contribution in [1.82, 2.24) is 9.80 Å². The van der Waals surface area contributed by atoms with E-state index in [4.69, 9.17) is 4.74 Å². The second-order valence-corrected chi connectivity index (χ2v) is 6.67. The molecule has 0 aliphatic carbocycles. The first-order chi connectivity index (χ1) is 12.9. The van der Waals surface area contributed by atoms with Gasteiger partial charge in [-0.2, -0.15) is 0 Å². The number of hydrogen-bond acceptors (Lipinski definition) is 4. The molecular weight excluding hydrogens is 360 g/mol. The second-order valence-electron chi connectivity index (χ2n) is 6.67. The standard InChI is InChI=1S/C18H21F2N3O4/c1-27-18(26)22-4-2-3-21(5-6-22)17(25)12-7-16(24)23(11-12)15-9-13(19)8-14(20)10-15/h8-10,12H,2-7,11H2,1H3. The third-order valence-electron chi connectivity index (χ3n) is 4.87. The van der Waals surface area contributed by atoms with Crippen molar-refractivity contribution < 1.29 is 27.9 Å². The maximum Gasteiger partial charge on any atom is 0.409 e. The maximum absolute atomic E-state index is 13.4. The highest BCUT2D eigenvalue weighted by molar-refractivity contribution is 6.00. The van der Waals surface area contributed by atoms with Crippen molar-refractivity contribution >= 4 is 23.6 Å². The van der Waals surface area contributed by atoms with Crippen LogP contribution in [-0.2, 0) is 14.3 Å². The van der Waals surface area contributed by atoms with Gasteiger partial charge in [0.15, 0.2) is 0 Å². The number of benzene rings is 1. The molecule has 1 unspecified atom stereocenters. The highest BCUT2D eigenvalue weighted by Gasteiger charge is 2.38. The van der Waals surface area contributed by atoms with Crippen molar-refractivity contribution in [3.05, 3.63) is 29.8 Å². The summed E-state index contributed by atoms with van der Waals surface area (Å²) in [5.74, 6) is -2.65. The van der Waals surface area contributed by atoms with Gasteiger partial charge in [-0.25, -0.2) is 13.6 Å². The molecule has 2 aliphatic rings. The fraction of sp³-hybridized carbons (Fsp3) is 0.500. The largest absolute Gasteiger partial charge is 0.453 e. The van der Waals surface area contributed by atoms with E-state index in [2.05, 4.69) is 0 Å². The molecule has 3 rings (SSSR count). The highest BCUT2D eigenvalue weighted by Crippen LogP contribution is 2.28. The molecule has 0 spiro atoms. The minimum Gasteiger partial charge on any atom is -0.453 e. The van der Waals surface area contributed by atoms with E-state index in [1.165, 1.54) is 16.9 Å². The fourth-order valence-corrected chi connectivity index (χ4v) is 3.53. The van der Waals surface area contributed by atoms with E-state index in [0.29, 0.717) is 32.6 Å². The molecule has 1 atom stereocenters. The van der Waals surface area contributed by atoms with Gasteiger partial charge >= 0.3 is 6.09 Å². The zero-order chi connectivity index (χ0) is 19.6. The Balaban J connectivity index is 1.66. The number of hydrogen-bond donors (Lipinski definition) is 0. The summed E-state index contributed by atoms with van der Waals surface area (Å²) < 4.78 is 31.6. The maximum atomic E-state index is 13.4. The van der Waals surface area contributed by atoms with Crippen LogP contribution < -0.4 is 4.90 Å². The van der Waals surface area contributed by atoms with Crippen LogP contribution in [0, 0.1) is 17.6 Å². The van der Waals surface area contributed by atoms with Gasteiger partial charge in [0, 0.05) is 50.9 Å². The average molecular weight is 381 g/mol. The van der Waals surface area contributed by atoms with Crippen LogP contribution in [0.3, 0.4) is 0 Å². The van der Waals surface area contributed by atoms with Crippen molar-refractivity contribution in [3.8, 4) is 0 Å². The highest BCUT2D eigenvalue weighted by atomic mass is 19.1. The Labute approximate surface area is 155 Å². The lowest BCUT2D eigenvalue weighted by Crippen LogP contribution is -2.40. The van der Waals surface area contributed by atoms with Crippen molar-refractivity contribution in [2.45, 2.75) is 12.8 Å². The zero-order valence-electron chi connectivity index (χ0n) is 15.0. The normalized spacial score (nSPS) is 20.6. The number of carbonyl (C=O) groups excluding carboxylic acids is 3. The molecule has 7 nitrogen and oxygen atoms in total. The van der Waals surface area contributed by atoms with Gasteiger partial charge in [0.05, 0.1) is 13.0 Å². The molecule has 2 fully saturated rings. The van der Waals surface area contributed by atoms with E-state index in [0.717, 1.165) is 18.2 Å². The Hall–Kier alpha value is -2.71. The summed E-state index contributed by atoms with van der Waals surface area (Å²) in [5, 5.41) is 0. The first-order valence-electron chi connectivity index (χ1n) is 8.77. The minimum atomic E-state index is -0.775. The van der Waals surface area contributed by atoms with E-state index in [1.54, 1.807) is 4.90 Å². The van der Waals surface area contributed by atoms with Gasteiger partial charge in [-0.1, -0.05) is 0 Å². The smallest absolute Gasteiger partial charge is 0.409 e. The van der Waals surface area contributed by atoms with Crippen LogP contribution in [0.2, 0.25) is 0 Å². The molecular formula is C18H21F2N3O4. The molecule has 0 N–H and O–H groups in total. The van der Waals surface area contributed by atoms with Gasteiger partial charge in [0.1, 0.15) is 11.6 Å². The van der Waals surface area contributed by atoms with Crippen molar-refractivity contribution in [2.75, 3.05) is 44.7 Å².